The molecule has 0 spiro atoms. The van der Waals surface area contributed by atoms with Crippen LogP contribution in [-0.2, 0) is 22.7 Å². The maximum Gasteiger partial charge on any atom is 0.256 e. The van der Waals surface area contributed by atoms with Gasteiger partial charge in [0.1, 0.15) is 5.00 Å². The molecule has 1 fully saturated rings. The van der Waals surface area contributed by atoms with E-state index in [1.807, 2.05) is 6.07 Å². The van der Waals surface area contributed by atoms with Crippen LogP contribution in [0.5, 0.6) is 0 Å². The van der Waals surface area contributed by atoms with Crippen LogP contribution in [0.2, 0.25) is 0 Å². The van der Waals surface area contributed by atoms with Crippen LogP contribution in [-0.4, -0.2) is 37.8 Å². The number of thiophene rings is 1. The van der Waals surface area contributed by atoms with Crippen molar-refractivity contribution in [1.29, 1.82) is 0 Å². The molecule has 2 aromatic rings. The van der Waals surface area contributed by atoms with Gasteiger partial charge in [0.15, 0.2) is 9.84 Å². The summed E-state index contributed by atoms with van der Waals surface area (Å²) in [6.07, 6.45) is 3.07. The lowest BCUT2D eigenvalue weighted by Gasteiger charge is -2.33. The zero-order chi connectivity index (χ0) is 23.1. The molecule has 1 aliphatic heterocycles. The number of benzene rings is 1. The Kier molecular flexibility index (Phi) is 6.20. The van der Waals surface area contributed by atoms with Crippen molar-refractivity contribution >= 4 is 38.0 Å². The normalized spacial score (nSPS) is 22.2. The van der Waals surface area contributed by atoms with E-state index in [4.69, 9.17) is 0 Å². The van der Waals surface area contributed by atoms with Gasteiger partial charge in [-0.05, 0) is 54.7 Å². The molecule has 2 amide bonds. The van der Waals surface area contributed by atoms with Gasteiger partial charge in [0, 0.05) is 16.5 Å². The van der Waals surface area contributed by atoms with E-state index in [1.54, 1.807) is 24.3 Å². The van der Waals surface area contributed by atoms with E-state index in [9.17, 15) is 18.0 Å². The molecule has 4 rings (SSSR count). The van der Waals surface area contributed by atoms with E-state index in [-0.39, 0.29) is 34.8 Å². The summed E-state index contributed by atoms with van der Waals surface area (Å²) < 4.78 is 23.7. The van der Waals surface area contributed by atoms with Gasteiger partial charge in [-0.2, -0.15) is 0 Å². The second-order valence-corrected chi connectivity index (χ2v) is 13.2. The van der Waals surface area contributed by atoms with E-state index in [0.29, 0.717) is 28.5 Å². The smallest absolute Gasteiger partial charge is 0.256 e. The van der Waals surface area contributed by atoms with Crippen molar-refractivity contribution in [2.75, 3.05) is 16.8 Å². The van der Waals surface area contributed by atoms with Gasteiger partial charge in [-0.3, -0.25) is 9.59 Å². The van der Waals surface area contributed by atoms with Crippen molar-refractivity contribution in [3.63, 3.8) is 0 Å². The predicted octanol–water partition coefficient (Wildman–Crippen LogP) is 4.07. The minimum Gasteiger partial charge on any atom is -0.348 e. The first kappa shape index (κ1) is 23.0. The third-order valence-corrected chi connectivity index (χ3v) is 9.49. The molecule has 1 aromatic heterocycles. The minimum atomic E-state index is -3.10. The summed E-state index contributed by atoms with van der Waals surface area (Å²) in [5, 5.41) is 6.43. The molecule has 0 radical (unpaired) electrons. The Hall–Kier alpha value is -2.19. The van der Waals surface area contributed by atoms with Gasteiger partial charge in [0.05, 0.1) is 17.1 Å². The van der Waals surface area contributed by atoms with E-state index >= 15 is 0 Å². The molecule has 2 unspecified atom stereocenters. The maximum atomic E-state index is 13.3. The van der Waals surface area contributed by atoms with E-state index in [1.165, 1.54) is 11.3 Å². The summed E-state index contributed by atoms with van der Waals surface area (Å²) in [5.41, 5.74) is 2.19. The lowest BCUT2D eigenvalue weighted by atomic mass is 9.72. The molecule has 1 saturated heterocycles. The SMILES string of the molecule is CC(C)(C)C1CCc2c(sc(NC(=O)c3ccccc3)c2C(=O)NC2CCS(=O)(=O)C2)C1. The average Bonchev–Trinajstić information content (AvgIpc) is 3.25. The number of hydrogen-bond acceptors (Lipinski definition) is 5. The topological polar surface area (TPSA) is 92.3 Å². The second-order valence-electron chi connectivity index (χ2n) is 9.91. The summed E-state index contributed by atoms with van der Waals surface area (Å²) in [5.74, 6) is 0.0337. The maximum absolute atomic E-state index is 13.3. The molecule has 0 saturated carbocycles. The fourth-order valence-corrected chi connectivity index (χ4v) is 7.58. The highest BCUT2D eigenvalue weighted by molar-refractivity contribution is 7.91. The highest BCUT2D eigenvalue weighted by atomic mass is 32.2. The molecule has 32 heavy (non-hydrogen) atoms. The number of hydrogen-bond donors (Lipinski definition) is 2. The Balaban J connectivity index is 1.64. The average molecular weight is 475 g/mol. The van der Waals surface area contributed by atoms with Gasteiger partial charge in [-0.1, -0.05) is 39.0 Å². The quantitative estimate of drug-likeness (QED) is 0.699. The van der Waals surface area contributed by atoms with Crippen LogP contribution < -0.4 is 10.6 Å². The van der Waals surface area contributed by atoms with Crippen molar-refractivity contribution in [2.45, 2.75) is 52.5 Å². The Morgan fingerprint density at radius 2 is 1.78 bits per heavy atom. The Morgan fingerprint density at radius 3 is 2.41 bits per heavy atom. The molecular weight excluding hydrogens is 444 g/mol. The Morgan fingerprint density at radius 1 is 1.06 bits per heavy atom. The monoisotopic (exact) mass is 474 g/mol. The molecule has 2 N–H and O–H groups in total. The zero-order valence-corrected chi connectivity index (χ0v) is 20.4. The van der Waals surface area contributed by atoms with Crippen LogP contribution in [0.4, 0.5) is 5.00 Å². The molecule has 2 atom stereocenters. The van der Waals surface area contributed by atoms with Gasteiger partial charge in [-0.25, -0.2) is 8.42 Å². The number of amides is 2. The lowest BCUT2D eigenvalue weighted by molar-refractivity contribution is 0.0941. The first-order chi connectivity index (χ1) is 15.0. The van der Waals surface area contributed by atoms with Gasteiger partial charge in [-0.15, -0.1) is 11.3 Å². The molecule has 2 heterocycles. The number of anilines is 1. The van der Waals surface area contributed by atoms with E-state index in [2.05, 4.69) is 31.4 Å². The Labute approximate surface area is 193 Å². The molecule has 1 aliphatic carbocycles. The number of carbonyl (C=O) groups excluding carboxylic acids is 2. The van der Waals surface area contributed by atoms with Crippen LogP contribution in [0.3, 0.4) is 0 Å². The van der Waals surface area contributed by atoms with Crippen LogP contribution in [0.15, 0.2) is 30.3 Å². The number of carbonyl (C=O) groups is 2. The third-order valence-electron chi connectivity index (χ3n) is 6.55. The van der Waals surface area contributed by atoms with Crippen LogP contribution >= 0.6 is 11.3 Å². The molecule has 8 heteroatoms. The van der Waals surface area contributed by atoms with Gasteiger partial charge in [0.2, 0.25) is 0 Å². The molecular formula is C24H30N2O4S2. The molecule has 6 nitrogen and oxygen atoms in total. The largest absolute Gasteiger partial charge is 0.348 e. The standard InChI is InChI=1S/C24H30N2O4S2/c1-24(2,3)16-9-10-18-19(13-16)31-23(26-21(27)15-7-5-4-6-8-15)20(18)22(28)25-17-11-12-32(29,30)14-17/h4-8,16-17H,9-14H2,1-3H3,(H,25,28)(H,26,27). The summed E-state index contributed by atoms with van der Waals surface area (Å²) in [6, 6.07) is 8.55. The van der Waals surface area contributed by atoms with Crippen molar-refractivity contribution in [2.24, 2.45) is 11.3 Å². The van der Waals surface area contributed by atoms with Crippen molar-refractivity contribution in [3.8, 4) is 0 Å². The lowest BCUT2D eigenvalue weighted by Crippen LogP contribution is -2.36. The highest BCUT2D eigenvalue weighted by Gasteiger charge is 2.36. The van der Waals surface area contributed by atoms with Gasteiger partial charge < -0.3 is 10.6 Å². The number of sulfone groups is 1. The van der Waals surface area contributed by atoms with E-state index in [0.717, 1.165) is 29.7 Å². The first-order valence-electron chi connectivity index (χ1n) is 11.1. The Bertz CT molecular complexity index is 1130. The third kappa shape index (κ3) is 4.91. The summed E-state index contributed by atoms with van der Waals surface area (Å²) in [4.78, 5) is 27.3. The predicted molar refractivity (Wildman–Crippen MR) is 128 cm³/mol. The number of rotatable bonds is 4. The summed E-state index contributed by atoms with van der Waals surface area (Å²) in [6.45, 7) is 6.72. The van der Waals surface area contributed by atoms with Crippen LogP contribution in [0.1, 0.15) is 64.8 Å². The van der Waals surface area contributed by atoms with Gasteiger partial charge in [0.25, 0.3) is 11.8 Å². The molecule has 0 bridgehead atoms. The van der Waals surface area contributed by atoms with Crippen molar-refractivity contribution < 1.29 is 18.0 Å². The fraction of sp³-hybridized carbons (Fsp3) is 0.500. The molecule has 172 valence electrons. The zero-order valence-electron chi connectivity index (χ0n) is 18.7. The van der Waals surface area contributed by atoms with E-state index < -0.39 is 9.84 Å². The number of fused-ring (bicyclic) bond motifs is 1. The van der Waals surface area contributed by atoms with Gasteiger partial charge >= 0.3 is 0 Å². The molecule has 1 aromatic carbocycles. The minimum absolute atomic E-state index is 0.0249. The van der Waals surface area contributed by atoms with Crippen LogP contribution in [0, 0.1) is 11.3 Å². The second kappa shape index (κ2) is 8.63. The number of nitrogens with one attached hydrogen (secondary N) is 2. The highest BCUT2D eigenvalue weighted by Crippen LogP contribution is 2.44. The summed E-state index contributed by atoms with van der Waals surface area (Å²) in [7, 11) is -3.10. The van der Waals surface area contributed by atoms with Crippen molar-refractivity contribution in [3.05, 3.63) is 51.9 Å². The molecule has 2 aliphatic rings. The summed E-state index contributed by atoms with van der Waals surface area (Å²) >= 11 is 1.48. The first-order valence-corrected chi connectivity index (χ1v) is 13.7. The fourth-order valence-electron chi connectivity index (χ4n) is 4.58. The van der Waals surface area contributed by atoms with Crippen molar-refractivity contribution in [1.82, 2.24) is 5.32 Å². The van der Waals surface area contributed by atoms with Crippen LogP contribution in [0.25, 0.3) is 0 Å².